The normalized spacial score (nSPS) is 10.9. The largest absolute Gasteiger partial charge is 0.459 e. The third kappa shape index (κ3) is 15.7. The van der Waals surface area contributed by atoms with E-state index in [0.717, 1.165) is 19.4 Å². The minimum absolute atomic E-state index is 0.0498. The molecule has 0 saturated heterocycles. The highest BCUT2D eigenvalue weighted by molar-refractivity contribution is 5.69. The maximum absolute atomic E-state index is 11.7. The van der Waals surface area contributed by atoms with E-state index in [0.29, 0.717) is 13.0 Å². The first-order valence-corrected chi connectivity index (χ1v) is 11.9. The molecule has 0 aliphatic rings. The Morgan fingerprint density at radius 1 is 0.679 bits per heavy atom. The van der Waals surface area contributed by atoms with Gasteiger partial charge < -0.3 is 4.74 Å². The number of aromatic nitrogens is 1. The second-order valence-electron chi connectivity index (χ2n) is 8.03. The molecule has 0 N–H and O–H groups in total. The lowest BCUT2D eigenvalue weighted by Crippen LogP contribution is -2.35. The topological polar surface area (TPSA) is 30.2 Å². The molecule has 1 heterocycles. The first-order chi connectivity index (χ1) is 13.8. The fraction of sp³-hybridized carbons (Fsp3) is 0.760. The Labute approximate surface area is 173 Å². The van der Waals surface area contributed by atoms with Crippen molar-refractivity contribution in [3.05, 3.63) is 30.6 Å². The third-order valence-corrected chi connectivity index (χ3v) is 5.37. The third-order valence-electron chi connectivity index (χ3n) is 5.37. The molecule has 0 amide bonds. The van der Waals surface area contributed by atoms with Gasteiger partial charge in [0.1, 0.15) is 0 Å². The van der Waals surface area contributed by atoms with Gasteiger partial charge in [-0.3, -0.25) is 4.79 Å². The number of unbranched alkanes of at least 4 members (excludes halogenated alkanes) is 14. The van der Waals surface area contributed by atoms with E-state index in [9.17, 15) is 4.79 Å². The molecule has 3 heteroatoms. The van der Waals surface area contributed by atoms with Crippen molar-refractivity contribution in [1.29, 1.82) is 0 Å². The molecule has 160 valence electrons. The lowest BCUT2D eigenvalue weighted by molar-refractivity contribution is -0.697. The Morgan fingerprint density at radius 3 is 1.64 bits per heavy atom. The minimum Gasteiger partial charge on any atom is -0.459 e. The van der Waals surface area contributed by atoms with Gasteiger partial charge >= 0.3 is 5.97 Å². The highest BCUT2D eigenvalue weighted by Gasteiger charge is 2.05. The standard InChI is InChI=1S/C25H44NO2/c1-2-3-4-5-6-7-8-9-10-11-12-13-14-15-17-20-25(27)28-24-23-26-21-18-16-19-22-26/h16,18-19,21-22H,2-15,17,20,23-24H2,1H3/q+1. The summed E-state index contributed by atoms with van der Waals surface area (Å²) in [6, 6.07) is 5.95. The molecule has 1 aromatic rings. The van der Waals surface area contributed by atoms with Crippen LogP contribution in [-0.4, -0.2) is 12.6 Å². The number of carbonyl (C=O) groups is 1. The molecule has 28 heavy (non-hydrogen) atoms. The summed E-state index contributed by atoms with van der Waals surface area (Å²) in [5.41, 5.74) is 0. The molecular weight excluding hydrogens is 346 g/mol. The molecule has 3 nitrogen and oxygen atoms in total. The first kappa shape index (κ1) is 24.7. The summed E-state index contributed by atoms with van der Waals surface area (Å²) >= 11 is 0. The van der Waals surface area contributed by atoms with E-state index in [1.54, 1.807) is 0 Å². The summed E-state index contributed by atoms with van der Waals surface area (Å²) in [5, 5.41) is 0. The number of pyridine rings is 1. The zero-order valence-electron chi connectivity index (χ0n) is 18.4. The summed E-state index contributed by atoms with van der Waals surface area (Å²) in [7, 11) is 0. The van der Waals surface area contributed by atoms with Crippen molar-refractivity contribution < 1.29 is 14.1 Å². The van der Waals surface area contributed by atoms with Gasteiger partial charge in [0.15, 0.2) is 25.5 Å². The SMILES string of the molecule is CCCCCCCCCCCCCCCCCC(=O)OCC[n+]1ccccc1. The lowest BCUT2D eigenvalue weighted by atomic mass is 10.0. The van der Waals surface area contributed by atoms with Gasteiger partial charge in [0.2, 0.25) is 0 Å². The molecule has 0 aromatic carbocycles. The Bertz CT molecular complexity index is 461. The number of rotatable bonds is 19. The number of nitrogens with zero attached hydrogens (tertiary/aromatic N) is 1. The van der Waals surface area contributed by atoms with Crippen LogP contribution >= 0.6 is 0 Å². The predicted octanol–water partition coefficient (Wildman–Crippen LogP) is 6.78. The van der Waals surface area contributed by atoms with E-state index in [1.807, 2.05) is 35.2 Å². The molecule has 0 atom stereocenters. The molecule has 1 aromatic heterocycles. The molecule has 0 spiro atoms. The monoisotopic (exact) mass is 390 g/mol. The van der Waals surface area contributed by atoms with E-state index >= 15 is 0 Å². The fourth-order valence-electron chi connectivity index (χ4n) is 3.56. The second kappa shape index (κ2) is 19.0. The number of carbonyl (C=O) groups excluding carboxylic acids is 1. The van der Waals surface area contributed by atoms with Crippen molar-refractivity contribution >= 4 is 5.97 Å². The van der Waals surface area contributed by atoms with Gasteiger partial charge in [-0.15, -0.1) is 0 Å². The molecule has 1 rings (SSSR count). The number of esters is 1. The van der Waals surface area contributed by atoms with Gasteiger partial charge in [-0.05, 0) is 6.42 Å². The maximum Gasteiger partial charge on any atom is 0.306 e. The quantitative estimate of drug-likeness (QED) is 0.148. The van der Waals surface area contributed by atoms with Crippen molar-refractivity contribution in [3.63, 3.8) is 0 Å². The van der Waals surface area contributed by atoms with E-state index in [1.165, 1.54) is 83.5 Å². The van der Waals surface area contributed by atoms with Crippen LogP contribution in [0.5, 0.6) is 0 Å². The van der Waals surface area contributed by atoms with Gasteiger partial charge in [0.25, 0.3) is 0 Å². The van der Waals surface area contributed by atoms with Gasteiger partial charge in [0, 0.05) is 18.6 Å². The Morgan fingerprint density at radius 2 is 1.14 bits per heavy atom. The Hall–Kier alpha value is -1.38. The van der Waals surface area contributed by atoms with Crippen LogP contribution in [-0.2, 0) is 16.1 Å². The van der Waals surface area contributed by atoms with Crippen LogP contribution in [0.2, 0.25) is 0 Å². The molecule has 0 aliphatic heterocycles. The van der Waals surface area contributed by atoms with Crippen molar-refractivity contribution in [2.24, 2.45) is 0 Å². The summed E-state index contributed by atoms with van der Waals surface area (Å²) in [5.74, 6) is -0.0498. The van der Waals surface area contributed by atoms with E-state index in [2.05, 4.69) is 6.92 Å². The minimum atomic E-state index is -0.0498. The smallest absolute Gasteiger partial charge is 0.306 e. The first-order valence-electron chi connectivity index (χ1n) is 11.9. The summed E-state index contributed by atoms with van der Waals surface area (Å²) in [4.78, 5) is 11.7. The second-order valence-corrected chi connectivity index (χ2v) is 8.03. The van der Waals surface area contributed by atoms with Crippen LogP contribution in [0.15, 0.2) is 30.6 Å². The van der Waals surface area contributed by atoms with Gasteiger partial charge in [0.05, 0.1) is 0 Å². The van der Waals surface area contributed by atoms with Crippen molar-refractivity contribution in [2.75, 3.05) is 6.61 Å². The van der Waals surface area contributed by atoms with E-state index < -0.39 is 0 Å². The maximum atomic E-state index is 11.7. The molecule has 0 radical (unpaired) electrons. The molecular formula is C25H44NO2+. The van der Waals surface area contributed by atoms with Gasteiger partial charge in [-0.1, -0.05) is 103 Å². The molecule has 0 aliphatic carbocycles. The van der Waals surface area contributed by atoms with Crippen molar-refractivity contribution in [3.8, 4) is 0 Å². The van der Waals surface area contributed by atoms with Crippen LogP contribution in [0.25, 0.3) is 0 Å². The lowest BCUT2D eigenvalue weighted by Gasteiger charge is -2.04. The van der Waals surface area contributed by atoms with Crippen LogP contribution < -0.4 is 4.57 Å². The van der Waals surface area contributed by atoms with Crippen molar-refractivity contribution in [1.82, 2.24) is 0 Å². The van der Waals surface area contributed by atoms with E-state index in [-0.39, 0.29) is 5.97 Å². The number of hydrogen-bond acceptors (Lipinski definition) is 2. The average molecular weight is 391 g/mol. The molecule has 0 saturated carbocycles. The fourth-order valence-corrected chi connectivity index (χ4v) is 3.56. The van der Waals surface area contributed by atoms with Crippen LogP contribution in [0.1, 0.15) is 110 Å². The molecule has 0 unspecified atom stereocenters. The highest BCUT2D eigenvalue weighted by atomic mass is 16.5. The molecule has 0 bridgehead atoms. The van der Waals surface area contributed by atoms with Crippen LogP contribution in [0.4, 0.5) is 0 Å². The van der Waals surface area contributed by atoms with Crippen molar-refractivity contribution in [2.45, 2.75) is 116 Å². The number of ether oxygens (including phenoxy) is 1. The molecule has 0 fully saturated rings. The predicted molar refractivity (Wildman–Crippen MR) is 117 cm³/mol. The Balaban J connectivity index is 1.76. The number of hydrogen-bond donors (Lipinski definition) is 0. The van der Waals surface area contributed by atoms with Gasteiger partial charge in [-0.25, -0.2) is 4.57 Å². The zero-order valence-corrected chi connectivity index (χ0v) is 18.4. The zero-order chi connectivity index (χ0) is 20.1. The summed E-state index contributed by atoms with van der Waals surface area (Å²) < 4.78 is 7.33. The summed E-state index contributed by atoms with van der Waals surface area (Å²) in [6.45, 7) is 3.47. The van der Waals surface area contributed by atoms with E-state index in [4.69, 9.17) is 4.74 Å². The van der Waals surface area contributed by atoms with Gasteiger partial charge in [-0.2, -0.15) is 0 Å². The summed E-state index contributed by atoms with van der Waals surface area (Å²) in [6.07, 6.45) is 24.7. The van der Waals surface area contributed by atoms with Crippen LogP contribution in [0, 0.1) is 0 Å². The Kier molecular flexibility index (Phi) is 16.7. The highest BCUT2D eigenvalue weighted by Crippen LogP contribution is 2.13. The van der Waals surface area contributed by atoms with Crippen LogP contribution in [0.3, 0.4) is 0 Å². The average Bonchev–Trinajstić information content (AvgIpc) is 2.71.